The maximum atomic E-state index is 13.1. The van der Waals surface area contributed by atoms with Crippen LogP contribution in [0, 0.1) is 0 Å². The van der Waals surface area contributed by atoms with E-state index in [4.69, 9.17) is 18.9 Å². The number of likely N-dealkylation sites (N-methyl/N-ethyl adjacent to an activating group) is 1. The Morgan fingerprint density at radius 1 is 0.579 bits per heavy atom. The fourth-order valence-electron chi connectivity index (χ4n) is 6.09. The van der Waals surface area contributed by atoms with Crippen LogP contribution in [0.15, 0.2) is 133 Å². The monoisotopic (exact) mass is 805 g/mol. The summed E-state index contributed by atoms with van der Waals surface area (Å²) in [7, 11) is 0. The van der Waals surface area contributed by atoms with Crippen LogP contribution in [0.3, 0.4) is 0 Å². The van der Waals surface area contributed by atoms with E-state index < -0.39 is 12.2 Å². The summed E-state index contributed by atoms with van der Waals surface area (Å²) in [6, 6.07) is 35.3. The van der Waals surface area contributed by atoms with Crippen molar-refractivity contribution >= 4 is 34.9 Å². The second kappa shape index (κ2) is 22.1. The fraction of sp³-hybridized carbons (Fsp3) is 0.273. The Bertz CT molecular complexity index is 1890. The van der Waals surface area contributed by atoms with Gasteiger partial charge in [-0.05, 0) is 65.9 Å². The maximum absolute atomic E-state index is 13.1. The predicted octanol–water partition coefficient (Wildman–Crippen LogP) is 8.45. The van der Waals surface area contributed by atoms with E-state index in [2.05, 4.69) is 32.4 Å². The lowest BCUT2D eigenvalue weighted by atomic mass is 10.0. The van der Waals surface area contributed by atoms with E-state index in [-0.39, 0.29) is 25.3 Å². The number of rotatable bonds is 21. The topological polar surface area (TPSA) is 124 Å². The molecule has 0 bridgehead atoms. The quantitative estimate of drug-likeness (QED) is 0.0738. The number of carbonyl (C=O) groups is 2. The molecule has 0 spiro atoms. The smallest absolute Gasteiger partial charge is 0.407 e. The third-order valence-electron chi connectivity index (χ3n) is 9.01. The first-order valence-electron chi connectivity index (χ1n) is 18.8. The summed E-state index contributed by atoms with van der Waals surface area (Å²) < 4.78 is 23.2. The van der Waals surface area contributed by atoms with Gasteiger partial charge in [0.05, 0.1) is 20.8 Å². The molecule has 2 amide bonds. The zero-order chi connectivity index (χ0) is 39.5. The van der Waals surface area contributed by atoms with Crippen molar-refractivity contribution in [2.75, 3.05) is 19.6 Å². The molecule has 0 saturated heterocycles. The first kappa shape index (κ1) is 40.9. The normalized spacial score (nSPS) is 12.0. The molecule has 296 valence electrons. The van der Waals surface area contributed by atoms with E-state index in [1.807, 2.05) is 109 Å². The summed E-state index contributed by atoms with van der Waals surface area (Å²) in [6.45, 7) is 4.96. The molecular formula is C44H47N5O6S2. The Kier molecular flexibility index (Phi) is 15.9. The van der Waals surface area contributed by atoms with Crippen LogP contribution in [0.1, 0.15) is 38.9 Å². The van der Waals surface area contributed by atoms with Gasteiger partial charge < -0.3 is 29.6 Å². The molecule has 11 nitrogen and oxygen atoms in total. The zero-order valence-electron chi connectivity index (χ0n) is 31.8. The Balaban J connectivity index is 1.12. The molecule has 2 aromatic heterocycles. The molecule has 13 heteroatoms. The number of nitrogens with zero attached hydrogens (tertiary/aromatic N) is 3. The van der Waals surface area contributed by atoms with Gasteiger partial charge in [0, 0.05) is 37.6 Å². The highest BCUT2D eigenvalue weighted by molar-refractivity contribution is 7.09. The van der Waals surface area contributed by atoms with Crippen LogP contribution in [0.4, 0.5) is 9.59 Å². The number of amides is 2. The Hall–Kier alpha value is -5.76. The number of ether oxygens (including phenoxy) is 4. The molecule has 0 aliphatic rings. The Morgan fingerprint density at radius 3 is 1.37 bits per heavy atom. The number of benzene rings is 4. The SMILES string of the molecule is CCN(CC(Cc1ccc(OCc2ccccc2)cc1)NC(=O)OCc1cncs1)C[C@@H](Cc1ccc(OCc2ccccc2)cc1)NC(=O)OCc1cncs1. The molecular weight excluding hydrogens is 759 g/mol. The summed E-state index contributed by atoms with van der Waals surface area (Å²) in [5, 5.41) is 6.21. The van der Waals surface area contributed by atoms with Gasteiger partial charge in [-0.15, -0.1) is 22.7 Å². The first-order chi connectivity index (χ1) is 28.0. The van der Waals surface area contributed by atoms with E-state index in [0.29, 0.717) is 45.7 Å². The van der Waals surface area contributed by atoms with Gasteiger partial charge in [-0.2, -0.15) is 0 Å². The molecule has 0 aliphatic carbocycles. The highest BCUT2D eigenvalue weighted by Gasteiger charge is 2.23. The lowest BCUT2D eigenvalue weighted by Gasteiger charge is -2.31. The van der Waals surface area contributed by atoms with Gasteiger partial charge in [-0.3, -0.25) is 14.9 Å². The zero-order valence-corrected chi connectivity index (χ0v) is 33.5. The van der Waals surface area contributed by atoms with Crippen LogP contribution in [-0.2, 0) is 48.7 Å². The molecule has 2 heterocycles. The lowest BCUT2D eigenvalue weighted by Crippen LogP contribution is -2.50. The van der Waals surface area contributed by atoms with Crippen LogP contribution >= 0.6 is 22.7 Å². The molecule has 2 atom stereocenters. The lowest BCUT2D eigenvalue weighted by molar-refractivity contribution is 0.127. The van der Waals surface area contributed by atoms with E-state index >= 15 is 0 Å². The van der Waals surface area contributed by atoms with Crippen LogP contribution in [0.25, 0.3) is 0 Å². The second-order valence-electron chi connectivity index (χ2n) is 13.4. The van der Waals surface area contributed by atoms with E-state index in [1.165, 1.54) is 22.7 Å². The van der Waals surface area contributed by atoms with Gasteiger partial charge in [0.2, 0.25) is 0 Å². The molecule has 0 saturated carbocycles. The van der Waals surface area contributed by atoms with Gasteiger partial charge in [0.25, 0.3) is 0 Å². The minimum absolute atomic E-state index is 0.139. The Labute approximate surface area is 341 Å². The summed E-state index contributed by atoms with van der Waals surface area (Å²) in [6.07, 6.45) is 3.45. The average molecular weight is 806 g/mol. The van der Waals surface area contributed by atoms with Crippen molar-refractivity contribution in [3.8, 4) is 11.5 Å². The van der Waals surface area contributed by atoms with Gasteiger partial charge in [0.15, 0.2) is 0 Å². The number of nitrogens with one attached hydrogen (secondary N) is 2. The molecule has 6 rings (SSSR count). The predicted molar refractivity (Wildman–Crippen MR) is 222 cm³/mol. The number of carbonyl (C=O) groups excluding carboxylic acids is 2. The van der Waals surface area contributed by atoms with Crippen molar-refractivity contribution < 1.29 is 28.5 Å². The van der Waals surface area contributed by atoms with Crippen molar-refractivity contribution in [3.63, 3.8) is 0 Å². The summed E-state index contributed by atoms with van der Waals surface area (Å²) in [5.74, 6) is 1.52. The number of aromatic nitrogens is 2. The van der Waals surface area contributed by atoms with E-state index in [9.17, 15) is 9.59 Å². The third kappa shape index (κ3) is 14.4. The number of thiazole rings is 2. The first-order valence-corrected chi connectivity index (χ1v) is 20.6. The minimum atomic E-state index is -0.511. The van der Waals surface area contributed by atoms with Crippen molar-refractivity contribution in [2.45, 2.75) is 58.3 Å². The van der Waals surface area contributed by atoms with Gasteiger partial charge in [-0.25, -0.2) is 9.59 Å². The second-order valence-corrected chi connectivity index (χ2v) is 15.3. The minimum Gasteiger partial charge on any atom is -0.489 e. The highest BCUT2D eigenvalue weighted by atomic mass is 32.1. The number of alkyl carbamates (subject to hydrolysis) is 2. The summed E-state index contributed by atoms with van der Waals surface area (Å²) in [4.78, 5) is 38.4. The fourth-order valence-corrected chi connectivity index (χ4v) is 7.10. The standard InChI is InChI=1S/C44H47N5O6S2/c1-2-49(25-37(47-43(50)54-29-41-23-45-31-56-41)21-33-13-17-39(18-14-33)52-27-35-9-5-3-6-10-35)26-38(48-44(51)55-30-42-24-46-32-57-42)22-34-15-19-40(20-16-34)53-28-36-11-7-4-8-12-36/h3-20,23-24,31-32,37-38H,2,21-22,25-30H2,1H3,(H,47,50)(H,48,51)/t37-,38?/m1/s1. The molecule has 0 radical (unpaired) electrons. The Morgan fingerprint density at radius 2 is 1.00 bits per heavy atom. The number of hydrogen-bond acceptors (Lipinski definition) is 11. The van der Waals surface area contributed by atoms with Gasteiger partial charge in [-0.1, -0.05) is 91.9 Å². The molecule has 57 heavy (non-hydrogen) atoms. The van der Waals surface area contributed by atoms with Crippen LogP contribution < -0.4 is 20.1 Å². The summed E-state index contributed by atoms with van der Waals surface area (Å²) in [5.41, 5.74) is 7.66. The molecule has 0 aliphatic heterocycles. The van der Waals surface area contributed by atoms with Gasteiger partial charge in [0.1, 0.15) is 37.9 Å². The van der Waals surface area contributed by atoms with Crippen molar-refractivity contribution in [2.24, 2.45) is 0 Å². The number of hydrogen-bond donors (Lipinski definition) is 2. The molecule has 2 N–H and O–H groups in total. The van der Waals surface area contributed by atoms with E-state index in [0.717, 1.165) is 43.5 Å². The molecule has 0 fully saturated rings. The van der Waals surface area contributed by atoms with E-state index in [1.54, 1.807) is 23.4 Å². The molecule has 6 aromatic rings. The maximum Gasteiger partial charge on any atom is 0.407 e. The average Bonchev–Trinajstić information content (AvgIpc) is 3.98. The molecule has 4 aromatic carbocycles. The summed E-state index contributed by atoms with van der Waals surface area (Å²) >= 11 is 2.86. The van der Waals surface area contributed by atoms with Crippen LogP contribution in [-0.4, -0.2) is 58.8 Å². The third-order valence-corrected chi connectivity index (χ3v) is 10.5. The largest absolute Gasteiger partial charge is 0.489 e. The molecule has 1 unspecified atom stereocenters. The van der Waals surface area contributed by atoms with Gasteiger partial charge >= 0.3 is 12.2 Å². The van der Waals surface area contributed by atoms with Crippen molar-refractivity contribution in [1.29, 1.82) is 0 Å². The highest BCUT2D eigenvalue weighted by Crippen LogP contribution is 2.19. The van der Waals surface area contributed by atoms with Crippen LogP contribution in [0.5, 0.6) is 11.5 Å². The van der Waals surface area contributed by atoms with Crippen LogP contribution in [0.2, 0.25) is 0 Å². The van der Waals surface area contributed by atoms with Crippen molar-refractivity contribution in [3.05, 3.63) is 165 Å². The van der Waals surface area contributed by atoms with Crippen molar-refractivity contribution in [1.82, 2.24) is 25.5 Å².